The molecule has 3 aromatic carbocycles. The zero-order valence-corrected chi connectivity index (χ0v) is 21.0. The second kappa shape index (κ2) is 11.8. The van der Waals surface area contributed by atoms with E-state index in [4.69, 9.17) is 0 Å². The zero-order valence-electron chi connectivity index (χ0n) is 17.0. The molecule has 0 nitrogen and oxygen atoms in total. The van der Waals surface area contributed by atoms with Gasteiger partial charge in [0, 0.05) is 0 Å². The standard InChI is InChI=1S/C21H21P.C5H5.HI.Ni/c1-16-7-4-10-19(13-16)22(20-11-5-8-17(2)14-20)21-12-6-9-18(3)15-21;1-2-4-5-3-1;;/h4-15H,1-3H3;1-3H,4H2;1H;/q;;;+1/p-1. The molecule has 0 aliphatic heterocycles. The van der Waals surface area contributed by atoms with Crippen molar-refractivity contribution >= 4 is 23.8 Å². The summed E-state index contributed by atoms with van der Waals surface area (Å²) >= 11 is 4.53. The first kappa shape index (κ1) is 24.1. The average molecular weight is 555 g/mol. The molecule has 0 saturated carbocycles. The molecule has 0 saturated heterocycles. The van der Waals surface area contributed by atoms with Gasteiger partial charge in [0.25, 0.3) is 0 Å². The Morgan fingerprint density at radius 1 is 0.690 bits per heavy atom. The van der Waals surface area contributed by atoms with Crippen LogP contribution in [0.15, 0.2) is 95.6 Å². The molecule has 29 heavy (non-hydrogen) atoms. The van der Waals surface area contributed by atoms with Crippen LogP contribution in [0.3, 0.4) is 0 Å². The summed E-state index contributed by atoms with van der Waals surface area (Å²) in [6.07, 6.45) is 7.04. The van der Waals surface area contributed by atoms with Gasteiger partial charge in [-0.3, -0.25) is 0 Å². The number of benzene rings is 3. The van der Waals surface area contributed by atoms with Gasteiger partial charge in [0.15, 0.2) is 0 Å². The molecule has 0 aromatic heterocycles. The fourth-order valence-electron chi connectivity index (χ4n) is 3.16. The SMILES string of the molecule is Cc1cccc(P(c2cccc(C)c2)c2cccc(C)c2)c1.[I-].[Ni+][C]1=CC=CC1. The summed E-state index contributed by atoms with van der Waals surface area (Å²) in [5.41, 5.74) is 3.97. The summed E-state index contributed by atoms with van der Waals surface area (Å²) in [7, 11) is -0.495. The predicted octanol–water partition coefficient (Wildman–Crippen LogP) is 2.75. The molecule has 0 radical (unpaired) electrons. The molecule has 0 N–H and O–H groups in total. The van der Waals surface area contributed by atoms with E-state index >= 15 is 0 Å². The fraction of sp³-hybridized carbons (Fsp3) is 0.154. The molecular weight excluding hydrogens is 529 g/mol. The van der Waals surface area contributed by atoms with Crippen LogP contribution in [-0.2, 0) is 15.5 Å². The van der Waals surface area contributed by atoms with Crippen LogP contribution in [0.1, 0.15) is 23.1 Å². The van der Waals surface area contributed by atoms with E-state index in [2.05, 4.69) is 115 Å². The summed E-state index contributed by atoms with van der Waals surface area (Å²) in [4.78, 5) is 0. The van der Waals surface area contributed by atoms with Gasteiger partial charge in [-0.25, -0.2) is 0 Å². The molecule has 0 atom stereocenters. The molecule has 0 unspecified atom stereocenters. The van der Waals surface area contributed by atoms with Crippen molar-refractivity contribution in [2.24, 2.45) is 0 Å². The molecule has 1 aliphatic rings. The van der Waals surface area contributed by atoms with E-state index in [9.17, 15) is 0 Å². The first-order valence-corrected chi connectivity index (χ1v) is 11.3. The van der Waals surface area contributed by atoms with E-state index in [1.54, 1.807) is 0 Å². The summed E-state index contributed by atoms with van der Waals surface area (Å²) in [5, 5.41) is 4.27. The van der Waals surface area contributed by atoms with Crippen molar-refractivity contribution in [2.45, 2.75) is 27.2 Å². The van der Waals surface area contributed by atoms with Crippen molar-refractivity contribution in [1.82, 2.24) is 0 Å². The monoisotopic (exact) mass is 554 g/mol. The molecule has 0 spiro atoms. The average Bonchev–Trinajstić information content (AvgIpc) is 3.14. The van der Waals surface area contributed by atoms with Crippen molar-refractivity contribution in [1.29, 1.82) is 0 Å². The number of rotatable bonds is 3. The second-order valence-electron chi connectivity index (χ2n) is 7.06. The summed E-state index contributed by atoms with van der Waals surface area (Å²) in [6, 6.07) is 26.8. The van der Waals surface area contributed by atoms with Gasteiger partial charge in [-0.2, -0.15) is 0 Å². The maximum atomic E-state index is 4.53. The molecule has 0 fully saturated rings. The van der Waals surface area contributed by atoms with Gasteiger partial charge in [0.1, 0.15) is 0 Å². The molecule has 152 valence electrons. The Labute approximate surface area is 201 Å². The number of aryl methyl sites for hydroxylation is 3. The third-order valence-corrected chi connectivity index (χ3v) is 7.23. The van der Waals surface area contributed by atoms with Crippen LogP contribution in [0.4, 0.5) is 0 Å². The van der Waals surface area contributed by atoms with Crippen LogP contribution in [0, 0.1) is 20.8 Å². The molecule has 3 aromatic rings. The first-order valence-electron chi connectivity index (χ1n) is 9.51. The van der Waals surface area contributed by atoms with Gasteiger partial charge in [0.05, 0.1) is 0 Å². The number of allylic oxidation sites excluding steroid dienone is 4. The third kappa shape index (κ3) is 7.21. The van der Waals surface area contributed by atoms with E-state index in [1.807, 2.05) is 12.2 Å². The summed E-state index contributed by atoms with van der Waals surface area (Å²) < 4.78 is 1.09. The molecule has 1 aliphatic carbocycles. The van der Waals surface area contributed by atoms with Gasteiger partial charge in [-0.1, -0.05) is 89.5 Å². The van der Waals surface area contributed by atoms with Crippen molar-refractivity contribution < 1.29 is 39.4 Å². The van der Waals surface area contributed by atoms with E-state index < -0.39 is 7.92 Å². The van der Waals surface area contributed by atoms with E-state index in [0.29, 0.717) is 0 Å². The Kier molecular flexibility index (Phi) is 9.83. The van der Waals surface area contributed by atoms with E-state index in [1.165, 1.54) is 32.6 Å². The first-order chi connectivity index (χ1) is 13.5. The van der Waals surface area contributed by atoms with Crippen LogP contribution in [0.25, 0.3) is 0 Å². The number of hydrogen-bond acceptors (Lipinski definition) is 0. The van der Waals surface area contributed by atoms with Gasteiger partial charge in [0.2, 0.25) is 0 Å². The predicted molar refractivity (Wildman–Crippen MR) is 121 cm³/mol. The minimum absolute atomic E-state index is 0. The van der Waals surface area contributed by atoms with E-state index in [-0.39, 0.29) is 24.0 Å². The Balaban J connectivity index is 0.000000369. The van der Waals surface area contributed by atoms with Crippen molar-refractivity contribution in [2.75, 3.05) is 0 Å². The third-order valence-electron chi connectivity index (χ3n) is 4.48. The summed E-state index contributed by atoms with van der Waals surface area (Å²) in [5.74, 6) is 0. The van der Waals surface area contributed by atoms with Gasteiger partial charge >= 0.3 is 44.7 Å². The minimum atomic E-state index is -0.495. The van der Waals surface area contributed by atoms with Gasteiger partial charge in [-0.15, -0.1) is 0 Å². The Morgan fingerprint density at radius 3 is 1.34 bits per heavy atom. The van der Waals surface area contributed by atoms with Crippen molar-refractivity contribution in [3.05, 3.63) is 112 Å². The van der Waals surface area contributed by atoms with Crippen molar-refractivity contribution in [3.8, 4) is 0 Å². The molecule has 0 heterocycles. The quantitative estimate of drug-likeness (QED) is 0.265. The molecule has 0 bridgehead atoms. The Bertz CT molecular complexity index is 899. The number of halogens is 1. The Hall–Kier alpha value is -1.21. The summed E-state index contributed by atoms with van der Waals surface area (Å²) in [6.45, 7) is 6.51. The second-order valence-corrected chi connectivity index (χ2v) is 9.91. The molecular formula is C26H26INiP. The van der Waals surface area contributed by atoms with E-state index in [0.717, 1.165) is 11.0 Å². The number of hydrogen-bond donors (Lipinski definition) is 0. The molecule has 0 amide bonds. The molecule has 3 heteroatoms. The van der Waals surface area contributed by atoms with Gasteiger partial charge < -0.3 is 24.0 Å². The van der Waals surface area contributed by atoms with Crippen LogP contribution in [0.2, 0.25) is 0 Å². The van der Waals surface area contributed by atoms with Crippen LogP contribution in [0.5, 0.6) is 0 Å². The fourth-order valence-corrected chi connectivity index (χ4v) is 5.97. The maximum absolute atomic E-state index is 4.53. The van der Waals surface area contributed by atoms with Crippen molar-refractivity contribution in [3.63, 3.8) is 0 Å². The normalized spacial score (nSPS) is 12.1. The van der Waals surface area contributed by atoms with Gasteiger partial charge in [-0.05, 0) is 44.6 Å². The van der Waals surface area contributed by atoms with Crippen LogP contribution in [-0.4, -0.2) is 0 Å². The van der Waals surface area contributed by atoms with Crippen LogP contribution < -0.4 is 39.9 Å². The zero-order chi connectivity index (χ0) is 19.9. The topological polar surface area (TPSA) is 0 Å². The molecule has 4 rings (SSSR count). The Morgan fingerprint density at radius 2 is 1.10 bits per heavy atom. The van der Waals surface area contributed by atoms with Crippen LogP contribution >= 0.6 is 7.92 Å².